The van der Waals surface area contributed by atoms with Gasteiger partial charge in [-0.2, -0.15) is 13.2 Å². The largest absolute Gasteiger partial charge is 0.416 e. The van der Waals surface area contributed by atoms with Crippen LogP contribution in [0.1, 0.15) is 36.8 Å². The fourth-order valence-electron chi connectivity index (χ4n) is 2.25. The molecule has 0 aliphatic heterocycles. The average Bonchev–Trinajstić information content (AvgIpc) is 2.34. The Morgan fingerprint density at radius 1 is 1.35 bits per heavy atom. The zero-order valence-corrected chi connectivity index (χ0v) is 11.0. The lowest BCUT2D eigenvalue weighted by molar-refractivity contribution is -0.137. The Morgan fingerprint density at radius 2 is 2.05 bits per heavy atom. The number of alkyl halides is 3. The highest BCUT2D eigenvalue weighted by atomic mass is 19.4. The predicted octanol–water partition coefficient (Wildman–Crippen LogP) is 2.59. The summed E-state index contributed by atoms with van der Waals surface area (Å²) in [4.78, 5) is 11.7. The van der Waals surface area contributed by atoms with E-state index in [2.05, 4.69) is 5.32 Å². The molecule has 1 amide bonds. The van der Waals surface area contributed by atoms with E-state index in [1.165, 1.54) is 6.07 Å². The molecule has 0 aromatic heterocycles. The number of nitrogens with two attached hydrogens (primary N) is 1. The first-order chi connectivity index (χ1) is 9.28. The minimum Gasteiger partial charge on any atom is -0.352 e. The molecule has 110 valence electrons. The summed E-state index contributed by atoms with van der Waals surface area (Å²) < 4.78 is 37.6. The van der Waals surface area contributed by atoms with Crippen LogP contribution in [0.3, 0.4) is 0 Å². The molecule has 1 aromatic carbocycles. The van der Waals surface area contributed by atoms with Crippen LogP contribution >= 0.6 is 0 Å². The van der Waals surface area contributed by atoms with E-state index in [4.69, 9.17) is 5.73 Å². The SMILES string of the molecule is NC1(CC(=O)NCc2cccc(C(F)(F)F)c2)CCC1. The third-order valence-electron chi connectivity index (χ3n) is 3.61. The zero-order chi connectivity index (χ0) is 14.8. The van der Waals surface area contributed by atoms with Crippen LogP contribution in [0.4, 0.5) is 13.2 Å². The van der Waals surface area contributed by atoms with Crippen molar-refractivity contribution in [3.05, 3.63) is 35.4 Å². The van der Waals surface area contributed by atoms with E-state index >= 15 is 0 Å². The van der Waals surface area contributed by atoms with E-state index < -0.39 is 17.3 Å². The van der Waals surface area contributed by atoms with Crippen molar-refractivity contribution in [3.63, 3.8) is 0 Å². The first kappa shape index (κ1) is 14.8. The van der Waals surface area contributed by atoms with Gasteiger partial charge in [-0.3, -0.25) is 4.79 Å². The molecule has 0 atom stereocenters. The van der Waals surface area contributed by atoms with Gasteiger partial charge in [-0.1, -0.05) is 12.1 Å². The van der Waals surface area contributed by atoms with Gasteiger partial charge in [0.2, 0.25) is 5.91 Å². The van der Waals surface area contributed by atoms with Crippen LogP contribution in [0.5, 0.6) is 0 Å². The molecule has 0 spiro atoms. The van der Waals surface area contributed by atoms with E-state index in [-0.39, 0.29) is 18.9 Å². The summed E-state index contributed by atoms with van der Waals surface area (Å²) in [6.07, 6.45) is -1.47. The standard InChI is InChI=1S/C14H17F3N2O/c15-14(16,17)11-4-1-3-10(7-11)9-19-12(20)8-13(18)5-2-6-13/h1,3-4,7H,2,5-6,8-9,18H2,(H,19,20). The molecule has 3 N–H and O–H groups in total. The van der Waals surface area contributed by atoms with Gasteiger partial charge in [0.1, 0.15) is 0 Å². The molecule has 0 unspecified atom stereocenters. The van der Waals surface area contributed by atoms with Crippen molar-refractivity contribution >= 4 is 5.91 Å². The number of hydrogen-bond acceptors (Lipinski definition) is 2. The quantitative estimate of drug-likeness (QED) is 0.894. The van der Waals surface area contributed by atoms with E-state index in [1.54, 1.807) is 6.07 Å². The van der Waals surface area contributed by atoms with Crippen LogP contribution in [-0.4, -0.2) is 11.4 Å². The van der Waals surface area contributed by atoms with Crippen molar-refractivity contribution in [3.8, 4) is 0 Å². The molecule has 3 nitrogen and oxygen atoms in total. The maximum Gasteiger partial charge on any atom is 0.416 e. The number of carbonyl (C=O) groups excluding carboxylic acids is 1. The van der Waals surface area contributed by atoms with Gasteiger partial charge in [0, 0.05) is 18.5 Å². The lowest BCUT2D eigenvalue weighted by Crippen LogP contribution is -2.49. The van der Waals surface area contributed by atoms with Gasteiger partial charge in [0.05, 0.1) is 5.56 Å². The predicted molar refractivity (Wildman–Crippen MR) is 68.7 cm³/mol. The Labute approximate surface area is 115 Å². The lowest BCUT2D eigenvalue weighted by Gasteiger charge is -2.37. The van der Waals surface area contributed by atoms with Crippen LogP contribution in [0.25, 0.3) is 0 Å². The van der Waals surface area contributed by atoms with Crippen molar-refractivity contribution in [2.45, 2.75) is 43.9 Å². The number of amides is 1. The lowest BCUT2D eigenvalue weighted by atomic mass is 9.75. The maximum absolute atomic E-state index is 12.5. The molecule has 1 aliphatic rings. The minimum atomic E-state index is -4.37. The molecule has 20 heavy (non-hydrogen) atoms. The van der Waals surface area contributed by atoms with Crippen LogP contribution in [0.2, 0.25) is 0 Å². The molecule has 6 heteroatoms. The van der Waals surface area contributed by atoms with E-state index in [0.29, 0.717) is 5.56 Å². The van der Waals surface area contributed by atoms with Gasteiger partial charge in [-0.25, -0.2) is 0 Å². The monoisotopic (exact) mass is 286 g/mol. The Bertz CT molecular complexity index is 495. The molecule has 1 saturated carbocycles. The zero-order valence-electron chi connectivity index (χ0n) is 11.0. The average molecular weight is 286 g/mol. The number of benzene rings is 1. The highest BCUT2D eigenvalue weighted by Gasteiger charge is 2.34. The van der Waals surface area contributed by atoms with E-state index in [0.717, 1.165) is 31.4 Å². The van der Waals surface area contributed by atoms with Crippen molar-refractivity contribution < 1.29 is 18.0 Å². The molecule has 0 heterocycles. The summed E-state index contributed by atoms with van der Waals surface area (Å²) in [5, 5.41) is 2.62. The highest BCUT2D eigenvalue weighted by Crippen LogP contribution is 2.32. The van der Waals surface area contributed by atoms with Crippen LogP contribution in [0.15, 0.2) is 24.3 Å². The van der Waals surface area contributed by atoms with Crippen LogP contribution in [-0.2, 0) is 17.5 Å². The second kappa shape index (κ2) is 5.44. The maximum atomic E-state index is 12.5. The van der Waals surface area contributed by atoms with Gasteiger partial charge < -0.3 is 11.1 Å². The van der Waals surface area contributed by atoms with Crippen molar-refractivity contribution in [2.75, 3.05) is 0 Å². The molecule has 0 saturated heterocycles. The molecule has 1 fully saturated rings. The minimum absolute atomic E-state index is 0.0822. The number of halogens is 3. The van der Waals surface area contributed by atoms with Gasteiger partial charge in [-0.05, 0) is 37.0 Å². The first-order valence-electron chi connectivity index (χ1n) is 6.50. The van der Waals surface area contributed by atoms with E-state index in [1.807, 2.05) is 0 Å². The van der Waals surface area contributed by atoms with Gasteiger partial charge in [-0.15, -0.1) is 0 Å². The van der Waals surface area contributed by atoms with Gasteiger partial charge in [0.15, 0.2) is 0 Å². The molecular formula is C14H17F3N2O. The smallest absolute Gasteiger partial charge is 0.352 e. The summed E-state index contributed by atoms with van der Waals surface area (Å²) in [5.41, 5.74) is 5.24. The van der Waals surface area contributed by atoms with Crippen LogP contribution < -0.4 is 11.1 Å². The van der Waals surface area contributed by atoms with Gasteiger partial charge >= 0.3 is 6.18 Å². The van der Waals surface area contributed by atoms with Gasteiger partial charge in [0.25, 0.3) is 0 Å². The summed E-state index contributed by atoms with van der Waals surface area (Å²) in [5.74, 6) is -0.218. The number of rotatable bonds is 4. The fraction of sp³-hybridized carbons (Fsp3) is 0.500. The summed E-state index contributed by atoms with van der Waals surface area (Å²) in [6.45, 7) is 0.0822. The van der Waals surface area contributed by atoms with Crippen molar-refractivity contribution in [2.24, 2.45) is 5.73 Å². The Morgan fingerprint density at radius 3 is 2.60 bits per heavy atom. The third kappa shape index (κ3) is 3.72. The normalized spacial score (nSPS) is 17.4. The molecular weight excluding hydrogens is 269 g/mol. The Balaban J connectivity index is 1.89. The van der Waals surface area contributed by atoms with Crippen LogP contribution in [0, 0.1) is 0 Å². The molecule has 0 radical (unpaired) electrons. The second-order valence-corrected chi connectivity index (χ2v) is 5.37. The Hall–Kier alpha value is -1.56. The number of carbonyl (C=O) groups is 1. The van der Waals surface area contributed by atoms with E-state index in [9.17, 15) is 18.0 Å². The Kier molecular flexibility index (Phi) is 4.04. The molecule has 1 aliphatic carbocycles. The second-order valence-electron chi connectivity index (χ2n) is 5.37. The summed E-state index contributed by atoms with van der Waals surface area (Å²) in [7, 11) is 0. The number of nitrogens with one attached hydrogen (secondary N) is 1. The summed E-state index contributed by atoms with van der Waals surface area (Å²) in [6, 6.07) is 4.94. The number of hydrogen-bond donors (Lipinski definition) is 2. The highest BCUT2D eigenvalue weighted by molar-refractivity contribution is 5.77. The first-order valence-corrected chi connectivity index (χ1v) is 6.50. The van der Waals surface area contributed by atoms with Crippen molar-refractivity contribution in [1.82, 2.24) is 5.32 Å². The molecule has 0 bridgehead atoms. The summed E-state index contributed by atoms with van der Waals surface area (Å²) >= 11 is 0. The van der Waals surface area contributed by atoms with Crippen molar-refractivity contribution in [1.29, 1.82) is 0 Å². The topological polar surface area (TPSA) is 55.1 Å². The molecule has 2 rings (SSSR count). The third-order valence-corrected chi connectivity index (χ3v) is 3.61. The molecule has 1 aromatic rings. The fourth-order valence-corrected chi connectivity index (χ4v) is 2.25.